The number of rotatable bonds is 3. The molecule has 5 heteroatoms. The van der Waals surface area contributed by atoms with Gasteiger partial charge in [-0.1, -0.05) is 18.2 Å². The molecule has 1 atom stereocenters. The molecule has 1 saturated heterocycles. The maximum absolute atomic E-state index is 5.96. The summed E-state index contributed by atoms with van der Waals surface area (Å²) < 4.78 is 0. The van der Waals surface area contributed by atoms with Crippen molar-refractivity contribution in [2.24, 2.45) is 5.73 Å². The van der Waals surface area contributed by atoms with Crippen molar-refractivity contribution >= 4 is 17.5 Å². The van der Waals surface area contributed by atoms with E-state index in [0.717, 1.165) is 36.7 Å². The molecule has 2 heterocycles. The standard InChI is InChI=1S/C15H19N5/c1-11-9-14(20-8-7-12(16)10-20)19-15(17-11)18-13-5-3-2-4-6-13/h2-6,9,12H,7-8,10,16H2,1H3,(H,17,18,19). The summed E-state index contributed by atoms with van der Waals surface area (Å²) in [4.78, 5) is 11.3. The lowest BCUT2D eigenvalue weighted by Crippen LogP contribution is -2.27. The van der Waals surface area contributed by atoms with E-state index in [1.807, 2.05) is 43.3 Å². The number of para-hydroxylation sites is 1. The van der Waals surface area contributed by atoms with E-state index in [0.29, 0.717) is 5.95 Å². The minimum absolute atomic E-state index is 0.246. The van der Waals surface area contributed by atoms with E-state index in [-0.39, 0.29) is 6.04 Å². The second-order valence-electron chi connectivity index (χ2n) is 5.18. The molecule has 1 aliphatic heterocycles. The first-order valence-electron chi connectivity index (χ1n) is 6.89. The Balaban J connectivity index is 1.83. The van der Waals surface area contributed by atoms with E-state index in [1.54, 1.807) is 0 Å². The third-order valence-electron chi connectivity index (χ3n) is 3.42. The first-order chi connectivity index (χ1) is 9.70. The van der Waals surface area contributed by atoms with Gasteiger partial charge in [0, 0.05) is 36.6 Å². The van der Waals surface area contributed by atoms with Crippen LogP contribution in [0.5, 0.6) is 0 Å². The van der Waals surface area contributed by atoms with Crippen LogP contribution < -0.4 is 16.0 Å². The summed E-state index contributed by atoms with van der Waals surface area (Å²) in [5.41, 5.74) is 7.90. The van der Waals surface area contributed by atoms with Gasteiger partial charge < -0.3 is 16.0 Å². The SMILES string of the molecule is Cc1cc(N2CCC(N)C2)nc(Nc2ccccc2)n1. The van der Waals surface area contributed by atoms with Crippen molar-refractivity contribution in [1.82, 2.24) is 9.97 Å². The number of benzene rings is 1. The molecule has 1 unspecified atom stereocenters. The zero-order chi connectivity index (χ0) is 13.9. The smallest absolute Gasteiger partial charge is 0.229 e. The Morgan fingerprint density at radius 3 is 2.75 bits per heavy atom. The van der Waals surface area contributed by atoms with Crippen LogP contribution >= 0.6 is 0 Å². The van der Waals surface area contributed by atoms with Crippen LogP contribution in [0.2, 0.25) is 0 Å². The Hall–Kier alpha value is -2.14. The molecule has 104 valence electrons. The molecule has 0 amide bonds. The van der Waals surface area contributed by atoms with E-state index in [9.17, 15) is 0 Å². The van der Waals surface area contributed by atoms with Gasteiger partial charge in [0.2, 0.25) is 5.95 Å². The summed E-state index contributed by atoms with van der Waals surface area (Å²) in [5.74, 6) is 1.58. The highest BCUT2D eigenvalue weighted by molar-refractivity contribution is 5.55. The van der Waals surface area contributed by atoms with E-state index in [1.165, 1.54) is 0 Å². The van der Waals surface area contributed by atoms with Gasteiger partial charge in [0.1, 0.15) is 5.82 Å². The lowest BCUT2D eigenvalue weighted by molar-refractivity contribution is 0.751. The molecule has 20 heavy (non-hydrogen) atoms. The van der Waals surface area contributed by atoms with Crippen LogP contribution in [-0.4, -0.2) is 29.1 Å². The molecule has 0 spiro atoms. The molecule has 1 aliphatic rings. The van der Waals surface area contributed by atoms with Crippen LogP contribution in [0.25, 0.3) is 0 Å². The topological polar surface area (TPSA) is 67.1 Å². The molecule has 3 N–H and O–H groups in total. The highest BCUT2D eigenvalue weighted by Crippen LogP contribution is 2.21. The van der Waals surface area contributed by atoms with Gasteiger partial charge in [-0.3, -0.25) is 0 Å². The highest BCUT2D eigenvalue weighted by atomic mass is 15.2. The summed E-state index contributed by atoms with van der Waals surface area (Å²) in [6.07, 6.45) is 1.02. The van der Waals surface area contributed by atoms with Gasteiger partial charge in [0.15, 0.2) is 0 Å². The summed E-state index contributed by atoms with van der Waals surface area (Å²) in [6.45, 7) is 3.81. The molecule has 1 aromatic carbocycles. The van der Waals surface area contributed by atoms with Crippen LogP contribution in [0.15, 0.2) is 36.4 Å². The third kappa shape index (κ3) is 2.88. The maximum atomic E-state index is 5.96. The predicted molar refractivity (Wildman–Crippen MR) is 81.3 cm³/mol. The zero-order valence-electron chi connectivity index (χ0n) is 11.6. The maximum Gasteiger partial charge on any atom is 0.229 e. The van der Waals surface area contributed by atoms with Gasteiger partial charge in [-0.25, -0.2) is 4.98 Å². The first-order valence-corrected chi connectivity index (χ1v) is 6.89. The van der Waals surface area contributed by atoms with Crippen molar-refractivity contribution in [1.29, 1.82) is 0 Å². The fraction of sp³-hybridized carbons (Fsp3) is 0.333. The predicted octanol–water partition coefficient (Wildman–Crippen LogP) is 2.07. The Morgan fingerprint density at radius 2 is 2.05 bits per heavy atom. The molecular formula is C15H19N5. The van der Waals surface area contributed by atoms with Gasteiger partial charge in [-0.15, -0.1) is 0 Å². The first kappa shape index (κ1) is 12.9. The van der Waals surface area contributed by atoms with Crippen LogP contribution in [0, 0.1) is 6.92 Å². The molecule has 3 rings (SSSR count). The zero-order valence-corrected chi connectivity index (χ0v) is 11.6. The van der Waals surface area contributed by atoms with E-state index in [4.69, 9.17) is 5.73 Å². The largest absolute Gasteiger partial charge is 0.355 e. The van der Waals surface area contributed by atoms with Crippen molar-refractivity contribution in [3.63, 3.8) is 0 Å². The number of nitrogens with zero attached hydrogens (tertiary/aromatic N) is 3. The van der Waals surface area contributed by atoms with Crippen molar-refractivity contribution in [3.05, 3.63) is 42.1 Å². The molecule has 1 fully saturated rings. The Kier molecular flexibility index (Phi) is 3.52. The minimum Gasteiger partial charge on any atom is -0.355 e. The summed E-state index contributed by atoms with van der Waals surface area (Å²) >= 11 is 0. The molecule has 0 radical (unpaired) electrons. The van der Waals surface area contributed by atoms with Crippen molar-refractivity contribution in [2.75, 3.05) is 23.3 Å². The molecule has 1 aromatic heterocycles. The summed E-state index contributed by atoms with van der Waals surface area (Å²) in [7, 11) is 0. The van der Waals surface area contributed by atoms with E-state index in [2.05, 4.69) is 20.2 Å². The van der Waals surface area contributed by atoms with Gasteiger partial charge in [-0.2, -0.15) is 4.98 Å². The molecule has 0 saturated carbocycles. The second-order valence-corrected chi connectivity index (χ2v) is 5.18. The van der Waals surface area contributed by atoms with Crippen molar-refractivity contribution in [3.8, 4) is 0 Å². The van der Waals surface area contributed by atoms with Crippen LogP contribution in [0.4, 0.5) is 17.5 Å². The highest BCUT2D eigenvalue weighted by Gasteiger charge is 2.21. The van der Waals surface area contributed by atoms with Crippen LogP contribution in [-0.2, 0) is 0 Å². The molecular weight excluding hydrogens is 250 g/mol. The van der Waals surface area contributed by atoms with Gasteiger partial charge >= 0.3 is 0 Å². The average Bonchev–Trinajstić information content (AvgIpc) is 2.86. The van der Waals surface area contributed by atoms with Crippen molar-refractivity contribution in [2.45, 2.75) is 19.4 Å². The average molecular weight is 269 g/mol. The molecule has 5 nitrogen and oxygen atoms in total. The third-order valence-corrected chi connectivity index (χ3v) is 3.42. The molecule has 0 bridgehead atoms. The number of hydrogen-bond acceptors (Lipinski definition) is 5. The number of aromatic nitrogens is 2. The van der Waals surface area contributed by atoms with Gasteiger partial charge in [0.05, 0.1) is 0 Å². The second kappa shape index (κ2) is 5.46. The quantitative estimate of drug-likeness (QED) is 0.893. The van der Waals surface area contributed by atoms with Crippen LogP contribution in [0.1, 0.15) is 12.1 Å². The lowest BCUT2D eigenvalue weighted by Gasteiger charge is -2.18. The minimum atomic E-state index is 0.246. The monoisotopic (exact) mass is 269 g/mol. The Labute approximate surface area is 118 Å². The molecule has 2 aromatic rings. The van der Waals surface area contributed by atoms with Crippen LogP contribution in [0.3, 0.4) is 0 Å². The number of aryl methyl sites for hydroxylation is 1. The number of nitrogens with one attached hydrogen (secondary N) is 1. The normalized spacial score (nSPS) is 18.3. The van der Waals surface area contributed by atoms with Crippen molar-refractivity contribution < 1.29 is 0 Å². The fourth-order valence-electron chi connectivity index (χ4n) is 2.42. The Morgan fingerprint density at radius 1 is 1.25 bits per heavy atom. The molecule has 0 aliphatic carbocycles. The van der Waals surface area contributed by atoms with Gasteiger partial charge in [0.25, 0.3) is 0 Å². The lowest BCUT2D eigenvalue weighted by atomic mass is 10.3. The number of hydrogen-bond donors (Lipinski definition) is 2. The number of nitrogens with two attached hydrogens (primary N) is 1. The van der Waals surface area contributed by atoms with E-state index >= 15 is 0 Å². The fourth-order valence-corrected chi connectivity index (χ4v) is 2.42. The Bertz CT molecular complexity index is 584. The summed E-state index contributed by atoms with van der Waals surface area (Å²) in [5, 5.41) is 3.24. The van der Waals surface area contributed by atoms with E-state index < -0.39 is 0 Å². The number of anilines is 3. The van der Waals surface area contributed by atoms with Gasteiger partial charge in [-0.05, 0) is 25.5 Å². The summed E-state index contributed by atoms with van der Waals surface area (Å²) in [6, 6.07) is 12.2.